The molecule has 0 unspecified atom stereocenters. The van der Waals surface area contributed by atoms with Crippen LogP contribution in [0.15, 0.2) is 12.1 Å². The number of nitrogens with one attached hydrogen (secondary N) is 1. The Balaban J connectivity index is 2.94. The van der Waals surface area contributed by atoms with Crippen LogP contribution in [-0.4, -0.2) is 24.1 Å². The van der Waals surface area contributed by atoms with Crippen molar-refractivity contribution in [3.63, 3.8) is 0 Å². The minimum absolute atomic E-state index is 0.468. The van der Waals surface area contributed by atoms with Crippen molar-refractivity contribution in [2.75, 3.05) is 11.9 Å². The van der Waals surface area contributed by atoms with Crippen molar-refractivity contribution in [3.05, 3.63) is 23.4 Å². The van der Waals surface area contributed by atoms with Crippen molar-refractivity contribution in [1.29, 1.82) is 0 Å². The van der Waals surface area contributed by atoms with Crippen LogP contribution in [0, 0.1) is 0 Å². The maximum absolute atomic E-state index is 4.70. The number of nitrogens with zero attached hydrogens (tertiary/aromatic N) is 2. The maximum Gasteiger partial charge on any atom is 0.129 e. The van der Waals surface area contributed by atoms with Gasteiger partial charge in [0.05, 0.1) is 0 Å². The zero-order valence-corrected chi connectivity index (χ0v) is 12.6. The Bertz CT molecular complexity index is 372. The van der Waals surface area contributed by atoms with Crippen molar-refractivity contribution in [2.24, 2.45) is 0 Å². The van der Waals surface area contributed by atoms with Crippen LogP contribution >= 0.6 is 0 Å². The predicted octanol–water partition coefficient (Wildman–Crippen LogP) is 2.99. The molecule has 1 aromatic heterocycles. The highest BCUT2D eigenvalue weighted by molar-refractivity contribution is 5.42. The Labute approximate surface area is 112 Å². The number of pyridine rings is 1. The van der Waals surface area contributed by atoms with Gasteiger partial charge in [0.2, 0.25) is 0 Å². The number of hydrogen-bond donors (Lipinski definition) is 1. The first-order valence-corrected chi connectivity index (χ1v) is 6.90. The van der Waals surface area contributed by atoms with Crippen LogP contribution in [0.2, 0.25) is 0 Å². The van der Waals surface area contributed by atoms with E-state index in [1.54, 1.807) is 0 Å². The van der Waals surface area contributed by atoms with Gasteiger partial charge in [0.25, 0.3) is 0 Å². The molecule has 0 fully saturated rings. The quantitative estimate of drug-likeness (QED) is 0.840. The minimum Gasteiger partial charge on any atom is -0.357 e. The van der Waals surface area contributed by atoms with E-state index in [2.05, 4.69) is 64.0 Å². The van der Waals surface area contributed by atoms with Gasteiger partial charge < -0.3 is 10.2 Å². The van der Waals surface area contributed by atoms with Crippen molar-refractivity contribution in [1.82, 2.24) is 10.3 Å². The van der Waals surface area contributed by atoms with Gasteiger partial charge in [-0.1, -0.05) is 20.8 Å². The third kappa shape index (κ3) is 4.30. The van der Waals surface area contributed by atoms with Crippen molar-refractivity contribution in [3.8, 4) is 0 Å². The molecule has 18 heavy (non-hydrogen) atoms. The molecule has 0 aliphatic heterocycles. The lowest BCUT2D eigenvalue weighted by atomic mass is 10.1. The molecular formula is C15H27N3. The van der Waals surface area contributed by atoms with Gasteiger partial charge in [-0.05, 0) is 38.0 Å². The third-order valence-corrected chi connectivity index (χ3v) is 3.14. The van der Waals surface area contributed by atoms with E-state index in [0.29, 0.717) is 12.1 Å². The number of aromatic nitrogens is 1. The molecule has 102 valence electrons. The summed E-state index contributed by atoms with van der Waals surface area (Å²) >= 11 is 0. The van der Waals surface area contributed by atoms with Crippen molar-refractivity contribution in [2.45, 2.75) is 59.7 Å². The SMILES string of the molecule is CCc1cc(CNC(C)C)cc(N(C)C(C)C)n1. The number of rotatable bonds is 6. The van der Waals surface area contributed by atoms with Crippen LogP contribution in [0.5, 0.6) is 0 Å². The number of aryl methyl sites for hydroxylation is 1. The summed E-state index contributed by atoms with van der Waals surface area (Å²) in [5, 5.41) is 3.46. The second-order valence-electron chi connectivity index (χ2n) is 5.42. The molecule has 3 nitrogen and oxygen atoms in total. The zero-order chi connectivity index (χ0) is 13.7. The summed E-state index contributed by atoms with van der Waals surface area (Å²) < 4.78 is 0. The highest BCUT2D eigenvalue weighted by atomic mass is 15.2. The molecule has 0 saturated carbocycles. The van der Waals surface area contributed by atoms with Crippen LogP contribution in [0.4, 0.5) is 5.82 Å². The standard InChI is InChI=1S/C15H27N3/c1-7-14-8-13(10-16-11(2)3)9-15(17-14)18(6)12(4)5/h8-9,11-12,16H,7,10H2,1-6H3. The van der Waals surface area contributed by atoms with E-state index >= 15 is 0 Å². The Morgan fingerprint density at radius 2 is 1.89 bits per heavy atom. The first-order chi connectivity index (χ1) is 8.43. The van der Waals surface area contributed by atoms with E-state index < -0.39 is 0 Å². The summed E-state index contributed by atoms with van der Waals surface area (Å²) in [4.78, 5) is 6.92. The van der Waals surface area contributed by atoms with Gasteiger partial charge in [0.1, 0.15) is 5.82 Å². The van der Waals surface area contributed by atoms with Gasteiger partial charge in [-0.25, -0.2) is 4.98 Å². The largest absolute Gasteiger partial charge is 0.357 e. The molecule has 0 aromatic carbocycles. The smallest absolute Gasteiger partial charge is 0.129 e. The molecule has 1 rings (SSSR count). The van der Waals surface area contributed by atoms with Gasteiger partial charge in [-0.15, -0.1) is 0 Å². The summed E-state index contributed by atoms with van der Waals surface area (Å²) in [5.41, 5.74) is 2.48. The molecule has 1 aromatic rings. The average Bonchev–Trinajstić information content (AvgIpc) is 2.34. The van der Waals surface area contributed by atoms with Crippen LogP contribution in [-0.2, 0) is 13.0 Å². The van der Waals surface area contributed by atoms with Gasteiger partial charge >= 0.3 is 0 Å². The lowest BCUT2D eigenvalue weighted by Crippen LogP contribution is -2.27. The number of anilines is 1. The van der Waals surface area contributed by atoms with Crippen LogP contribution in [0.1, 0.15) is 45.9 Å². The molecule has 0 saturated heterocycles. The van der Waals surface area contributed by atoms with Crippen LogP contribution in [0.25, 0.3) is 0 Å². The van der Waals surface area contributed by atoms with Crippen molar-refractivity contribution >= 4 is 5.82 Å². The highest BCUT2D eigenvalue weighted by Crippen LogP contribution is 2.16. The Morgan fingerprint density at radius 1 is 1.22 bits per heavy atom. The van der Waals surface area contributed by atoms with Gasteiger partial charge in [0.15, 0.2) is 0 Å². The Morgan fingerprint density at radius 3 is 2.39 bits per heavy atom. The molecule has 0 aliphatic rings. The van der Waals surface area contributed by atoms with Gasteiger partial charge in [-0.2, -0.15) is 0 Å². The molecule has 0 spiro atoms. The predicted molar refractivity (Wildman–Crippen MR) is 79.1 cm³/mol. The first kappa shape index (κ1) is 15.0. The normalized spacial score (nSPS) is 11.3. The summed E-state index contributed by atoms with van der Waals surface area (Å²) in [7, 11) is 2.10. The van der Waals surface area contributed by atoms with Gasteiger partial charge in [-0.3, -0.25) is 0 Å². The van der Waals surface area contributed by atoms with E-state index in [9.17, 15) is 0 Å². The van der Waals surface area contributed by atoms with E-state index in [-0.39, 0.29) is 0 Å². The molecule has 0 aliphatic carbocycles. The molecule has 0 radical (unpaired) electrons. The van der Waals surface area contributed by atoms with Crippen molar-refractivity contribution < 1.29 is 0 Å². The summed E-state index contributed by atoms with van der Waals surface area (Å²) in [6.45, 7) is 11.8. The minimum atomic E-state index is 0.468. The molecule has 1 heterocycles. The Hall–Kier alpha value is -1.09. The monoisotopic (exact) mass is 249 g/mol. The lowest BCUT2D eigenvalue weighted by Gasteiger charge is -2.24. The van der Waals surface area contributed by atoms with Gasteiger partial charge in [0, 0.05) is 31.4 Å². The van der Waals surface area contributed by atoms with E-state index in [4.69, 9.17) is 4.98 Å². The highest BCUT2D eigenvalue weighted by Gasteiger charge is 2.09. The molecular weight excluding hydrogens is 222 g/mol. The molecule has 0 bridgehead atoms. The maximum atomic E-state index is 4.70. The zero-order valence-electron chi connectivity index (χ0n) is 12.6. The molecule has 0 amide bonds. The fourth-order valence-corrected chi connectivity index (χ4v) is 1.68. The van der Waals surface area contributed by atoms with E-state index in [1.807, 2.05) is 0 Å². The van der Waals surface area contributed by atoms with E-state index in [1.165, 1.54) is 11.3 Å². The topological polar surface area (TPSA) is 28.2 Å². The average molecular weight is 249 g/mol. The summed E-state index contributed by atoms with van der Waals surface area (Å²) in [5.74, 6) is 1.07. The Kier molecular flexibility index (Phi) is 5.60. The van der Waals surface area contributed by atoms with E-state index in [0.717, 1.165) is 18.8 Å². The molecule has 0 atom stereocenters. The first-order valence-electron chi connectivity index (χ1n) is 6.90. The molecule has 3 heteroatoms. The molecule has 1 N–H and O–H groups in total. The third-order valence-electron chi connectivity index (χ3n) is 3.14. The summed E-state index contributed by atoms with van der Waals surface area (Å²) in [6, 6.07) is 5.37. The lowest BCUT2D eigenvalue weighted by molar-refractivity contribution is 0.587. The second-order valence-corrected chi connectivity index (χ2v) is 5.42. The second kappa shape index (κ2) is 6.74. The fraction of sp³-hybridized carbons (Fsp3) is 0.667. The number of hydrogen-bond acceptors (Lipinski definition) is 3. The van der Waals surface area contributed by atoms with Crippen LogP contribution < -0.4 is 10.2 Å². The summed E-state index contributed by atoms with van der Waals surface area (Å²) in [6.07, 6.45) is 0.981. The fourth-order valence-electron chi connectivity index (χ4n) is 1.68. The van der Waals surface area contributed by atoms with Crippen LogP contribution in [0.3, 0.4) is 0 Å².